The molecule has 0 aliphatic carbocycles. The zero-order chi connectivity index (χ0) is 65.2. The van der Waals surface area contributed by atoms with E-state index in [9.17, 15) is 0 Å². The van der Waals surface area contributed by atoms with Crippen molar-refractivity contribution in [3.63, 3.8) is 0 Å². The molecular formula is C92H57BrN6. The smallest absolute Gasteiger partial charge is 0.0809 e. The summed E-state index contributed by atoms with van der Waals surface area (Å²) in [7, 11) is 0. The van der Waals surface area contributed by atoms with Gasteiger partial charge in [-0.25, -0.2) is 9.97 Å². The number of halogens is 1. The van der Waals surface area contributed by atoms with Gasteiger partial charge in [-0.3, -0.25) is 0 Å². The number of fused-ring (bicyclic) bond motifs is 20. The second kappa shape index (κ2) is 22.7. The Morgan fingerprint density at radius 2 is 0.495 bits per heavy atom. The topological polar surface area (TPSA) is 45.5 Å². The number of pyridine rings is 2. The largest absolute Gasteiger partial charge is 0.309 e. The van der Waals surface area contributed by atoms with E-state index in [4.69, 9.17) is 9.97 Å². The molecule has 0 bridgehead atoms. The molecule has 0 aliphatic rings. The lowest BCUT2D eigenvalue weighted by molar-refractivity contribution is 1.13. The SMILES string of the molecule is Brc1ccc(-c2nc3ccccc3c3ccc4c5ccccc5n(-c5ccccc5)c4c23)cc1.c1ccc(-n2c3ccccc3c3ccc4c5ccccc5nc(-c5ccc(-c6cc(-n7c8ccccc8c8ccccc87)cc(-n7c8ccccc8c8ccccc87)c6)cc5)c4c32)cc1. The highest BCUT2D eigenvalue weighted by Crippen LogP contribution is 2.46. The monoisotopic (exact) mass is 1320 g/mol. The molecule has 0 atom stereocenters. The first-order chi connectivity index (χ1) is 49.1. The van der Waals surface area contributed by atoms with E-state index in [0.29, 0.717) is 0 Å². The van der Waals surface area contributed by atoms with Crippen LogP contribution in [0.4, 0.5) is 0 Å². The van der Waals surface area contributed by atoms with E-state index in [1.54, 1.807) is 0 Å². The molecule has 15 aromatic carbocycles. The molecule has 21 aromatic rings. The first kappa shape index (κ1) is 56.6. The van der Waals surface area contributed by atoms with Gasteiger partial charge in [0.2, 0.25) is 0 Å². The minimum atomic E-state index is 0.973. The normalized spacial score (nSPS) is 11.9. The van der Waals surface area contributed by atoms with Gasteiger partial charge in [-0.2, -0.15) is 0 Å². The highest BCUT2D eigenvalue weighted by Gasteiger charge is 2.24. The lowest BCUT2D eigenvalue weighted by Gasteiger charge is -2.17. The molecule has 99 heavy (non-hydrogen) atoms. The molecule has 6 heterocycles. The Balaban J connectivity index is 0.000000163. The maximum Gasteiger partial charge on any atom is 0.0809 e. The van der Waals surface area contributed by atoms with Crippen molar-refractivity contribution in [3.8, 4) is 56.4 Å². The predicted octanol–water partition coefficient (Wildman–Crippen LogP) is 24.9. The summed E-state index contributed by atoms with van der Waals surface area (Å²) < 4.78 is 10.7. The lowest BCUT2D eigenvalue weighted by atomic mass is 9.96. The fourth-order valence-corrected chi connectivity index (χ4v) is 16.2. The van der Waals surface area contributed by atoms with Crippen LogP contribution >= 0.6 is 15.9 Å². The van der Waals surface area contributed by atoms with E-state index in [0.717, 1.165) is 82.7 Å². The fourth-order valence-electron chi connectivity index (χ4n) is 16.0. The Labute approximate surface area is 577 Å². The first-order valence-electron chi connectivity index (χ1n) is 33.7. The van der Waals surface area contributed by atoms with Crippen LogP contribution in [0.25, 0.3) is 187 Å². The van der Waals surface area contributed by atoms with Crippen LogP contribution < -0.4 is 0 Å². The maximum atomic E-state index is 5.52. The van der Waals surface area contributed by atoms with Gasteiger partial charge in [0, 0.05) is 103 Å². The molecule has 0 unspecified atom stereocenters. The predicted molar refractivity (Wildman–Crippen MR) is 420 cm³/mol. The fraction of sp³-hybridized carbons (Fsp3) is 0. The molecule has 6 nitrogen and oxygen atoms in total. The number of para-hydroxylation sites is 10. The third-order valence-electron chi connectivity index (χ3n) is 20.2. The summed E-state index contributed by atoms with van der Waals surface area (Å²) in [6.07, 6.45) is 0. The summed E-state index contributed by atoms with van der Waals surface area (Å²) in [5.41, 5.74) is 22.4. The van der Waals surface area contributed by atoms with Gasteiger partial charge in [0.05, 0.1) is 66.6 Å². The molecule has 21 rings (SSSR count). The van der Waals surface area contributed by atoms with Crippen molar-refractivity contribution >= 4 is 147 Å². The highest BCUT2D eigenvalue weighted by molar-refractivity contribution is 9.10. The average molecular weight is 1330 g/mol. The number of rotatable bonds is 7. The van der Waals surface area contributed by atoms with Crippen LogP contribution in [0, 0.1) is 0 Å². The number of nitrogens with zero attached hydrogens (tertiary/aromatic N) is 6. The van der Waals surface area contributed by atoms with Crippen molar-refractivity contribution in [2.45, 2.75) is 0 Å². The molecule has 0 saturated carbocycles. The Morgan fingerprint density at radius 1 is 0.202 bits per heavy atom. The zero-order valence-electron chi connectivity index (χ0n) is 53.5. The standard InChI is InChI=1S/C61H38N4.C31H19BrN2/c1-2-16-42(17-3-1)65-58-29-15-9-23-50(58)52-35-34-51-45-18-4-10-24-53(45)62-60(59(51)61(52)65)40-32-30-39(31-33-40)41-36-43(63-54-25-11-5-19-46(54)47-20-6-12-26-55(47)63)38-44(37-41)64-56-27-13-7-21-48(56)49-22-8-14-28-57(49)64;32-21-16-14-20(15-17-21)30-29-25(23-10-4-6-12-27(23)33-30)18-19-26-24-11-5-7-13-28(24)34(31(26)29)22-8-2-1-3-9-22/h1-38H;1-19H. The van der Waals surface area contributed by atoms with Gasteiger partial charge in [-0.15, -0.1) is 0 Å². The second-order valence-corrected chi connectivity index (χ2v) is 26.6. The molecule has 0 N–H and O–H groups in total. The summed E-state index contributed by atoms with van der Waals surface area (Å²) in [6, 6.07) is 125. The van der Waals surface area contributed by atoms with E-state index < -0.39 is 0 Å². The Kier molecular flexibility index (Phi) is 13.0. The van der Waals surface area contributed by atoms with Gasteiger partial charge < -0.3 is 18.3 Å². The van der Waals surface area contributed by atoms with Gasteiger partial charge in [-0.1, -0.05) is 259 Å². The van der Waals surface area contributed by atoms with Gasteiger partial charge in [0.1, 0.15) is 0 Å². The number of benzene rings is 15. The van der Waals surface area contributed by atoms with E-state index in [2.05, 4.69) is 380 Å². The van der Waals surface area contributed by atoms with Crippen LogP contribution in [-0.4, -0.2) is 28.2 Å². The van der Waals surface area contributed by atoms with Gasteiger partial charge >= 0.3 is 0 Å². The van der Waals surface area contributed by atoms with E-state index in [1.165, 1.54) is 109 Å². The molecule has 0 saturated heterocycles. The maximum absolute atomic E-state index is 5.52. The third kappa shape index (κ3) is 8.95. The van der Waals surface area contributed by atoms with Crippen LogP contribution in [0.2, 0.25) is 0 Å². The summed E-state index contributed by atoms with van der Waals surface area (Å²) in [5.74, 6) is 0. The van der Waals surface area contributed by atoms with Crippen LogP contribution in [0.3, 0.4) is 0 Å². The van der Waals surface area contributed by atoms with Crippen molar-refractivity contribution in [1.82, 2.24) is 28.2 Å². The Bertz CT molecular complexity index is 6600. The molecule has 0 aliphatic heterocycles. The van der Waals surface area contributed by atoms with Crippen molar-refractivity contribution in [2.24, 2.45) is 0 Å². The Morgan fingerprint density at radius 3 is 0.879 bits per heavy atom. The van der Waals surface area contributed by atoms with Crippen LogP contribution in [-0.2, 0) is 0 Å². The molecule has 0 fully saturated rings. The van der Waals surface area contributed by atoms with Crippen LogP contribution in [0.1, 0.15) is 0 Å². The van der Waals surface area contributed by atoms with E-state index in [-0.39, 0.29) is 0 Å². The number of hydrogen-bond donors (Lipinski definition) is 0. The van der Waals surface area contributed by atoms with Gasteiger partial charge in [0.15, 0.2) is 0 Å². The second-order valence-electron chi connectivity index (χ2n) is 25.7. The van der Waals surface area contributed by atoms with Crippen LogP contribution in [0.15, 0.2) is 350 Å². The van der Waals surface area contributed by atoms with Crippen molar-refractivity contribution in [2.75, 3.05) is 0 Å². The lowest BCUT2D eigenvalue weighted by Crippen LogP contribution is -2.00. The summed E-state index contributed by atoms with van der Waals surface area (Å²) in [5, 5.41) is 17.0. The third-order valence-corrected chi connectivity index (χ3v) is 20.7. The van der Waals surface area contributed by atoms with E-state index in [1.807, 2.05) is 0 Å². The molecule has 0 radical (unpaired) electrons. The zero-order valence-corrected chi connectivity index (χ0v) is 55.1. The summed E-state index contributed by atoms with van der Waals surface area (Å²) >= 11 is 3.59. The average Bonchev–Trinajstić information content (AvgIpc) is 1.63. The molecule has 6 aromatic heterocycles. The number of aromatic nitrogens is 6. The van der Waals surface area contributed by atoms with Crippen molar-refractivity contribution in [1.29, 1.82) is 0 Å². The minimum Gasteiger partial charge on any atom is -0.309 e. The van der Waals surface area contributed by atoms with Crippen LogP contribution in [0.5, 0.6) is 0 Å². The number of hydrogen-bond acceptors (Lipinski definition) is 2. The van der Waals surface area contributed by atoms with Gasteiger partial charge in [-0.05, 0) is 125 Å². The molecule has 0 amide bonds. The quantitative estimate of drug-likeness (QED) is 0.149. The van der Waals surface area contributed by atoms with Gasteiger partial charge in [0.25, 0.3) is 0 Å². The molecular weight excluding hydrogens is 1270 g/mol. The minimum absolute atomic E-state index is 0.973. The molecule has 7 heteroatoms. The van der Waals surface area contributed by atoms with Crippen molar-refractivity contribution in [3.05, 3.63) is 350 Å². The summed E-state index contributed by atoms with van der Waals surface area (Å²) in [4.78, 5) is 10.8. The van der Waals surface area contributed by atoms with Crippen molar-refractivity contribution < 1.29 is 0 Å². The van der Waals surface area contributed by atoms with E-state index >= 15 is 0 Å². The summed E-state index contributed by atoms with van der Waals surface area (Å²) in [6.45, 7) is 0. The molecule has 462 valence electrons. The molecule has 0 spiro atoms. The highest BCUT2D eigenvalue weighted by atomic mass is 79.9. The first-order valence-corrected chi connectivity index (χ1v) is 34.4. The Hall–Kier alpha value is -12.7.